The van der Waals surface area contributed by atoms with Crippen LogP contribution in [0.4, 0.5) is 0 Å². The first-order chi connectivity index (χ1) is 12.9. The van der Waals surface area contributed by atoms with Gasteiger partial charge in [0.1, 0.15) is 18.3 Å². The average molecular weight is 397 g/mol. The second-order valence-corrected chi connectivity index (χ2v) is 8.28. The van der Waals surface area contributed by atoms with Gasteiger partial charge in [-0.2, -0.15) is 0 Å². The van der Waals surface area contributed by atoms with Crippen LogP contribution in [0.1, 0.15) is 41.0 Å². The third kappa shape index (κ3) is 4.46. The fourth-order valence-corrected chi connectivity index (χ4v) is 3.74. The summed E-state index contributed by atoms with van der Waals surface area (Å²) in [6.45, 7) is 8.59. The molecule has 1 fully saturated rings. The fraction of sp³-hybridized carbons (Fsp3) is 0.700. The Hall–Kier alpha value is -1.74. The van der Waals surface area contributed by atoms with Gasteiger partial charge in [0.2, 0.25) is 5.60 Å². The lowest BCUT2D eigenvalue weighted by atomic mass is 9.81. The topological polar surface area (TPSA) is 117 Å². The van der Waals surface area contributed by atoms with Crippen molar-refractivity contribution in [1.82, 2.24) is 4.90 Å². The second-order valence-electron chi connectivity index (χ2n) is 8.28. The van der Waals surface area contributed by atoms with Gasteiger partial charge in [-0.1, -0.05) is 11.6 Å². The maximum absolute atomic E-state index is 12.5. The third-order valence-electron chi connectivity index (χ3n) is 5.31. The molecule has 2 rings (SSSR count). The van der Waals surface area contributed by atoms with Crippen molar-refractivity contribution in [3.05, 3.63) is 23.3 Å². The molecule has 0 radical (unpaired) electrons. The highest BCUT2D eigenvalue weighted by atomic mass is 16.6. The Kier molecular flexibility index (Phi) is 6.70. The molecule has 8 nitrogen and oxygen atoms in total. The Morgan fingerprint density at radius 2 is 2.00 bits per heavy atom. The van der Waals surface area contributed by atoms with Crippen molar-refractivity contribution in [1.29, 1.82) is 0 Å². The first-order valence-electron chi connectivity index (χ1n) is 9.46. The van der Waals surface area contributed by atoms with Gasteiger partial charge in [-0.05, 0) is 46.6 Å². The first kappa shape index (κ1) is 22.5. The first-order valence-corrected chi connectivity index (χ1v) is 9.46. The van der Waals surface area contributed by atoms with Crippen LogP contribution in [0, 0.1) is 0 Å². The molecule has 1 saturated heterocycles. The van der Waals surface area contributed by atoms with Crippen molar-refractivity contribution in [2.24, 2.45) is 0 Å². The lowest BCUT2D eigenvalue weighted by molar-refractivity contribution is -0.213. The number of fused-ring (bicyclic) bond motifs is 1. The molecule has 0 aromatic rings. The smallest absolute Gasteiger partial charge is 0.344 e. The third-order valence-corrected chi connectivity index (χ3v) is 5.31. The zero-order chi connectivity index (χ0) is 21.3. The molecular formula is C20H31NO7. The summed E-state index contributed by atoms with van der Waals surface area (Å²) >= 11 is 0. The summed E-state index contributed by atoms with van der Waals surface area (Å²) in [7, 11) is 0. The maximum atomic E-state index is 12.5. The number of esters is 2. The van der Waals surface area contributed by atoms with Gasteiger partial charge >= 0.3 is 11.9 Å². The number of hydrogen-bond acceptors (Lipinski definition) is 8. The molecule has 28 heavy (non-hydrogen) atoms. The second kappa shape index (κ2) is 8.32. The maximum Gasteiger partial charge on any atom is 0.344 e. The van der Waals surface area contributed by atoms with Crippen LogP contribution >= 0.6 is 0 Å². The van der Waals surface area contributed by atoms with E-state index in [4.69, 9.17) is 9.47 Å². The lowest BCUT2D eigenvalue weighted by Gasteiger charge is -2.38. The molecule has 0 amide bonds. The molecule has 2 aliphatic heterocycles. The van der Waals surface area contributed by atoms with Crippen LogP contribution in [-0.4, -0.2) is 81.3 Å². The van der Waals surface area contributed by atoms with Crippen LogP contribution in [0.3, 0.4) is 0 Å². The molecule has 0 spiro atoms. The van der Waals surface area contributed by atoms with Crippen molar-refractivity contribution >= 4 is 11.9 Å². The summed E-state index contributed by atoms with van der Waals surface area (Å²) in [6.07, 6.45) is 2.15. The molecule has 0 bridgehead atoms. The van der Waals surface area contributed by atoms with Crippen LogP contribution in [0.2, 0.25) is 0 Å². The van der Waals surface area contributed by atoms with Crippen molar-refractivity contribution in [3.63, 3.8) is 0 Å². The Morgan fingerprint density at radius 1 is 1.36 bits per heavy atom. The van der Waals surface area contributed by atoms with E-state index in [1.54, 1.807) is 0 Å². The number of aliphatic hydroxyl groups is 3. The number of aliphatic hydroxyl groups excluding tert-OH is 1. The van der Waals surface area contributed by atoms with Gasteiger partial charge in [0.15, 0.2) is 0 Å². The summed E-state index contributed by atoms with van der Waals surface area (Å²) in [4.78, 5) is 26.6. The Balaban J connectivity index is 2.05. The van der Waals surface area contributed by atoms with Crippen LogP contribution < -0.4 is 0 Å². The highest BCUT2D eigenvalue weighted by Crippen LogP contribution is 2.33. The zero-order valence-electron chi connectivity index (χ0n) is 17.1. The van der Waals surface area contributed by atoms with E-state index in [1.807, 2.05) is 19.9 Å². The van der Waals surface area contributed by atoms with Gasteiger partial charge in [-0.15, -0.1) is 0 Å². The summed E-state index contributed by atoms with van der Waals surface area (Å²) in [5.74, 6) is -1.51. The molecule has 0 saturated carbocycles. The number of hydrogen-bond donors (Lipinski definition) is 3. The van der Waals surface area contributed by atoms with E-state index in [1.165, 1.54) is 26.8 Å². The van der Waals surface area contributed by atoms with Crippen molar-refractivity contribution in [2.75, 3.05) is 19.7 Å². The molecule has 2 aliphatic rings. The highest BCUT2D eigenvalue weighted by molar-refractivity contribution is 5.83. The normalized spacial score (nSPS) is 25.4. The summed E-state index contributed by atoms with van der Waals surface area (Å²) in [5.41, 5.74) is -2.74. The van der Waals surface area contributed by atoms with Gasteiger partial charge in [-0.3, -0.25) is 4.90 Å². The number of ether oxygens (including phenoxy) is 2. The highest BCUT2D eigenvalue weighted by Gasteiger charge is 2.54. The van der Waals surface area contributed by atoms with Gasteiger partial charge in [0.05, 0.1) is 12.1 Å². The van der Waals surface area contributed by atoms with Gasteiger partial charge in [-0.25, -0.2) is 9.59 Å². The van der Waals surface area contributed by atoms with Crippen LogP contribution in [0.15, 0.2) is 23.3 Å². The summed E-state index contributed by atoms with van der Waals surface area (Å²) in [6, 6.07) is -0.191. The number of carbonyl (C=O) groups is 2. The van der Waals surface area contributed by atoms with Gasteiger partial charge in [0.25, 0.3) is 0 Å². The molecule has 8 heteroatoms. The van der Waals surface area contributed by atoms with Gasteiger partial charge in [0, 0.05) is 19.2 Å². The van der Waals surface area contributed by atoms with E-state index in [0.717, 1.165) is 17.7 Å². The van der Waals surface area contributed by atoms with Crippen molar-refractivity contribution < 1.29 is 34.4 Å². The monoisotopic (exact) mass is 397 g/mol. The Labute approximate surface area is 165 Å². The molecule has 0 aromatic carbocycles. The average Bonchev–Trinajstić information content (AvgIpc) is 3.13. The summed E-state index contributed by atoms with van der Waals surface area (Å²) in [5, 5.41) is 30.5. The number of carbonyl (C=O) groups excluding carboxylic acids is 2. The lowest BCUT2D eigenvalue weighted by Crippen LogP contribution is -2.63. The van der Waals surface area contributed by atoms with Gasteiger partial charge < -0.3 is 24.8 Å². The predicted molar refractivity (Wildman–Crippen MR) is 101 cm³/mol. The Morgan fingerprint density at radius 3 is 2.54 bits per heavy atom. The molecule has 0 aliphatic carbocycles. The SMILES string of the molecule is CC(C)=CC(=O)O[C@@H]1CCN2CC=C(COC(=O)[C@@](O)([C@@H](C)O)C(C)(C)O)[C@H]12. The minimum Gasteiger partial charge on any atom is -0.459 e. The van der Waals surface area contributed by atoms with E-state index in [0.29, 0.717) is 13.0 Å². The van der Waals surface area contributed by atoms with Crippen LogP contribution in [0.25, 0.3) is 0 Å². The summed E-state index contributed by atoms with van der Waals surface area (Å²) < 4.78 is 10.8. The molecule has 2 heterocycles. The molecule has 0 unspecified atom stereocenters. The van der Waals surface area contributed by atoms with E-state index in [-0.39, 0.29) is 18.8 Å². The molecular weight excluding hydrogens is 366 g/mol. The van der Waals surface area contributed by atoms with E-state index in [2.05, 4.69) is 4.90 Å². The molecule has 0 aromatic heterocycles. The largest absolute Gasteiger partial charge is 0.459 e. The predicted octanol–water partition coefficient (Wildman–Crippen LogP) is 0.305. The zero-order valence-corrected chi connectivity index (χ0v) is 17.1. The quantitative estimate of drug-likeness (QED) is 0.319. The standard InChI is InChI=1S/C20H31NO7/c1-12(2)10-16(23)28-15-7-9-21-8-6-14(17(15)21)11-27-18(24)20(26,13(3)22)19(4,5)25/h6,10,13,15,17,22,25-26H,7-9,11H2,1-5H3/t13-,15-,17-,20+/m1/s1. The van der Waals surface area contributed by atoms with Crippen molar-refractivity contribution in [2.45, 2.75) is 70.5 Å². The minimum atomic E-state index is -2.46. The van der Waals surface area contributed by atoms with E-state index < -0.39 is 29.2 Å². The van der Waals surface area contributed by atoms with E-state index >= 15 is 0 Å². The Bertz CT molecular complexity index is 673. The van der Waals surface area contributed by atoms with Crippen molar-refractivity contribution in [3.8, 4) is 0 Å². The minimum absolute atomic E-state index is 0.123. The number of rotatable bonds is 7. The van der Waals surface area contributed by atoms with Crippen LogP contribution in [-0.2, 0) is 19.1 Å². The number of nitrogens with zero attached hydrogens (tertiary/aromatic N) is 1. The molecule has 4 atom stereocenters. The fourth-order valence-electron chi connectivity index (χ4n) is 3.74. The van der Waals surface area contributed by atoms with Crippen LogP contribution in [0.5, 0.6) is 0 Å². The number of allylic oxidation sites excluding steroid dienone is 1. The molecule has 158 valence electrons. The molecule has 3 N–H and O–H groups in total. The van der Waals surface area contributed by atoms with E-state index in [9.17, 15) is 24.9 Å².